The van der Waals surface area contributed by atoms with Crippen molar-refractivity contribution >= 4 is 37.4 Å². The van der Waals surface area contributed by atoms with E-state index in [1.807, 2.05) is 0 Å². The molecule has 0 saturated heterocycles. The summed E-state index contributed by atoms with van der Waals surface area (Å²) in [6.45, 7) is 0. The molecule has 1 aromatic carbocycles. The van der Waals surface area contributed by atoms with Crippen LogP contribution in [0.2, 0.25) is 0 Å². The van der Waals surface area contributed by atoms with Crippen molar-refractivity contribution in [3.05, 3.63) is 28.2 Å². The Morgan fingerprint density at radius 2 is 2.10 bits per heavy atom. The Morgan fingerprint density at radius 3 is 2.62 bits per heavy atom. The fourth-order valence-corrected chi connectivity index (χ4v) is 5.24. The number of nitrogen functional groups attached to an aromatic ring is 1. The van der Waals surface area contributed by atoms with Crippen molar-refractivity contribution in [3.63, 3.8) is 0 Å². The molecule has 1 aliphatic rings. The number of esters is 1. The van der Waals surface area contributed by atoms with Gasteiger partial charge in [-0.15, -0.1) is 0 Å². The Balaban J connectivity index is 2.07. The first-order valence-corrected chi connectivity index (χ1v) is 9.18. The van der Waals surface area contributed by atoms with Crippen molar-refractivity contribution in [1.29, 1.82) is 0 Å². The molecule has 0 bridgehead atoms. The van der Waals surface area contributed by atoms with Crippen LogP contribution in [0.15, 0.2) is 22.7 Å². The molecule has 2 N–H and O–H groups in total. The molecule has 1 saturated carbocycles. The maximum Gasteiger partial charge on any atom is 0.306 e. The Hall–Kier alpha value is -1.08. The number of hydrogen-bond donors (Lipinski definition) is 1. The van der Waals surface area contributed by atoms with E-state index in [-0.39, 0.29) is 23.9 Å². The predicted molar refractivity (Wildman–Crippen MR) is 84.3 cm³/mol. The minimum Gasteiger partial charge on any atom is -0.469 e. The number of halogens is 1. The summed E-state index contributed by atoms with van der Waals surface area (Å²) in [7, 11) is -1.98. The van der Waals surface area contributed by atoms with E-state index in [1.165, 1.54) is 7.11 Å². The number of carbonyl (C=O) groups is 1. The van der Waals surface area contributed by atoms with Gasteiger partial charge in [0.15, 0.2) is 9.84 Å². The third-order valence-electron chi connectivity index (χ3n) is 3.68. The highest BCUT2D eigenvalue weighted by Gasteiger charge is 2.47. The normalized spacial score (nSPS) is 16.5. The molecule has 1 aromatic rings. The van der Waals surface area contributed by atoms with Crippen LogP contribution in [0.1, 0.15) is 24.8 Å². The number of benzene rings is 1. The molecule has 1 aliphatic carbocycles. The number of carbonyl (C=O) groups excluding carboxylic acids is 1. The average Bonchev–Trinajstić information content (AvgIpc) is 3.11. The summed E-state index contributed by atoms with van der Waals surface area (Å²) in [4.78, 5) is 11.4. The molecule has 0 spiro atoms. The minimum atomic E-state index is -3.30. The molecule has 2 rings (SSSR count). The van der Waals surface area contributed by atoms with Crippen LogP contribution in [-0.2, 0) is 25.1 Å². The van der Waals surface area contributed by atoms with Gasteiger partial charge in [-0.3, -0.25) is 4.79 Å². The maximum absolute atomic E-state index is 12.4. The van der Waals surface area contributed by atoms with Crippen molar-refractivity contribution in [1.82, 2.24) is 0 Å². The lowest BCUT2D eigenvalue weighted by molar-refractivity contribution is -0.141. The molecule has 0 radical (unpaired) electrons. The number of anilines is 1. The first-order chi connectivity index (χ1) is 9.75. The van der Waals surface area contributed by atoms with E-state index < -0.39 is 15.3 Å². The smallest absolute Gasteiger partial charge is 0.306 e. The second-order valence-corrected chi connectivity index (χ2v) is 8.55. The molecule has 0 unspecified atom stereocenters. The first-order valence-electron chi connectivity index (χ1n) is 6.56. The Kier molecular flexibility index (Phi) is 4.63. The van der Waals surface area contributed by atoms with E-state index in [0.29, 0.717) is 15.7 Å². The van der Waals surface area contributed by atoms with E-state index in [2.05, 4.69) is 20.7 Å². The molecule has 5 nitrogen and oxygen atoms in total. The third-order valence-corrected chi connectivity index (χ3v) is 6.22. The molecule has 0 heterocycles. The summed E-state index contributed by atoms with van der Waals surface area (Å²) >= 11 is 3.33. The summed E-state index contributed by atoms with van der Waals surface area (Å²) in [6, 6.07) is 5.07. The van der Waals surface area contributed by atoms with Crippen LogP contribution < -0.4 is 5.73 Å². The molecule has 116 valence electrons. The number of sulfone groups is 1. The SMILES string of the molecule is COC(=O)CC1(CS(=O)(=O)Cc2ccc(N)cc2Br)CC1. The van der Waals surface area contributed by atoms with Gasteiger partial charge in [0.1, 0.15) is 0 Å². The van der Waals surface area contributed by atoms with Crippen LogP contribution in [0.5, 0.6) is 0 Å². The number of nitrogens with two attached hydrogens (primary N) is 1. The number of hydrogen-bond acceptors (Lipinski definition) is 5. The molecular formula is C14H18BrNO4S. The summed E-state index contributed by atoms with van der Waals surface area (Å²) in [6.07, 6.45) is 1.68. The van der Waals surface area contributed by atoms with Gasteiger partial charge >= 0.3 is 5.97 Å². The van der Waals surface area contributed by atoms with Crippen molar-refractivity contribution in [3.8, 4) is 0 Å². The molecule has 21 heavy (non-hydrogen) atoms. The van der Waals surface area contributed by atoms with Crippen LogP contribution >= 0.6 is 15.9 Å². The van der Waals surface area contributed by atoms with Gasteiger partial charge in [-0.25, -0.2) is 8.42 Å². The molecule has 0 atom stereocenters. The molecule has 7 heteroatoms. The van der Waals surface area contributed by atoms with Crippen molar-refractivity contribution in [2.45, 2.75) is 25.0 Å². The monoisotopic (exact) mass is 375 g/mol. The van der Waals surface area contributed by atoms with E-state index in [9.17, 15) is 13.2 Å². The van der Waals surface area contributed by atoms with Crippen LogP contribution in [0.3, 0.4) is 0 Å². The highest BCUT2D eigenvalue weighted by molar-refractivity contribution is 9.10. The minimum absolute atomic E-state index is 0.0198. The zero-order valence-corrected chi connectivity index (χ0v) is 14.2. The molecule has 0 amide bonds. The van der Waals surface area contributed by atoms with E-state index in [1.54, 1.807) is 18.2 Å². The van der Waals surface area contributed by atoms with Crippen LogP contribution in [0, 0.1) is 5.41 Å². The van der Waals surface area contributed by atoms with Crippen LogP contribution in [0.25, 0.3) is 0 Å². The lowest BCUT2D eigenvalue weighted by Gasteiger charge is -2.14. The highest BCUT2D eigenvalue weighted by Crippen LogP contribution is 2.50. The van der Waals surface area contributed by atoms with E-state index in [0.717, 1.165) is 12.8 Å². The third kappa shape index (κ3) is 4.44. The topological polar surface area (TPSA) is 86.5 Å². The summed E-state index contributed by atoms with van der Waals surface area (Å²) in [5.41, 5.74) is 6.47. The number of methoxy groups -OCH3 is 1. The van der Waals surface area contributed by atoms with Gasteiger partial charge in [0, 0.05) is 10.2 Å². The maximum atomic E-state index is 12.4. The molecule has 1 fully saturated rings. The van der Waals surface area contributed by atoms with Gasteiger partial charge in [0.05, 0.1) is 25.0 Å². The quantitative estimate of drug-likeness (QED) is 0.608. The number of ether oxygens (including phenoxy) is 1. The fourth-order valence-electron chi connectivity index (χ4n) is 2.36. The zero-order valence-electron chi connectivity index (χ0n) is 11.8. The fraction of sp³-hybridized carbons (Fsp3) is 0.500. The van der Waals surface area contributed by atoms with Gasteiger partial charge in [0.2, 0.25) is 0 Å². The van der Waals surface area contributed by atoms with Gasteiger partial charge in [-0.05, 0) is 36.0 Å². The Labute approximate surface area is 132 Å². The van der Waals surface area contributed by atoms with Crippen molar-refractivity contribution in [2.75, 3.05) is 18.6 Å². The summed E-state index contributed by atoms with van der Waals surface area (Å²) < 4.78 is 30.0. The lowest BCUT2D eigenvalue weighted by atomic mass is 10.1. The number of rotatable bonds is 6. The largest absolute Gasteiger partial charge is 0.469 e. The molecular weight excluding hydrogens is 358 g/mol. The molecule has 0 aliphatic heterocycles. The van der Waals surface area contributed by atoms with Crippen LogP contribution in [-0.4, -0.2) is 27.2 Å². The predicted octanol–water partition coefficient (Wildman–Crippen LogP) is 2.29. The Morgan fingerprint density at radius 1 is 1.43 bits per heavy atom. The first kappa shape index (κ1) is 16.3. The summed E-state index contributed by atoms with van der Waals surface area (Å²) in [5, 5.41) is 0. The second kappa shape index (κ2) is 5.96. The summed E-state index contributed by atoms with van der Waals surface area (Å²) in [5.74, 6) is -0.390. The average molecular weight is 376 g/mol. The standard InChI is InChI=1S/C14H18BrNO4S/c1-20-13(17)7-14(4-5-14)9-21(18,19)8-10-2-3-11(16)6-12(10)15/h2-3,6H,4-5,7-9,16H2,1H3. The molecule has 0 aromatic heterocycles. The van der Waals surface area contributed by atoms with E-state index >= 15 is 0 Å². The van der Waals surface area contributed by atoms with Gasteiger partial charge in [-0.1, -0.05) is 22.0 Å². The van der Waals surface area contributed by atoms with Crippen molar-refractivity contribution in [2.24, 2.45) is 5.41 Å². The van der Waals surface area contributed by atoms with Gasteiger partial charge in [0.25, 0.3) is 0 Å². The lowest BCUT2D eigenvalue weighted by Crippen LogP contribution is -2.22. The van der Waals surface area contributed by atoms with E-state index in [4.69, 9.17) is 5.73 Å². The van der Waals surface area contributed by atoms with Gasteiger partial charge in [-0.2, -0.15) is 0 Å². The Bertz CT molecular complexity index is 653. The second-order valence-electron chi connectivity index (χ2n) is 5.64. The van der Waals surface area contributed by atoms with Crippen LogP contribution in [0.4, 0.5) is 5.69 Å². The van der Waals surface area contributed by atoms with Gasteiger partial charge < -0.3 is 10.5 Å². The van der Waals surface area contributed by atoms with Crippen molar-refractivity contribution < 1.29 is 17.9 Å². The zero-order chi connectivity index (χ0) is 15.7. The highest BCUT2D eigenvalue weighted by atomic mass is 79.9.